The van der Waals surface area contributed by atoms with Crippen molar-refractivity contribution in [1.82, 2.24) is 9.97 Å². The number of nitrogens with one attached hydrogen (secondary N) is 1. The summed E-state index contributed by atoms with van der Waals surface area (Å²) in [5, 5.41) is 3.23. The van der Waals surface area contributed by atoms with Gasteiger partial charge in [-0.2, -0.15) is 0 Å². The molecule has 0 aliphatic heterocycles. The van der Waals surface area contributed by atoms with Gasteiger partial charge in [0, 0.05) is 12.7 Å². The average Bonchev–Trinajstić information content (AvgIpc) is 2.01. The Bertz CT molecular complexity index is 249. The first kappa shape index (κ1) is 8.01. The van der Waals surface area contributed by atoms with Crippen molar-refractivity contribution < 1.29 is 0 Å². The van der Waals surface area contributed by atoms with Crippen molar-refractivity contribution in [3.05, 3.63) is 30.2 Å². The topological polar surface area (TPSA) is 37.8 Å². The zero-order valence-electron chi connectivity index (χ0n) is 5.92. The second-order valence-corrected chi connectivity index (χ2v) is 2.22. The first-order valence-corrected chi connectivity index (χ1v) is 3.54. The SMILES string of the molecule is C=CCNc1ccnc(Cl)n1. The first-order valence-electron chi connectivity index (χ1n) is 3.16. The van der Waals surface area contributed by atoms with Crippen molar-refractivity contribution >= 4 is 17.4 Å². The second-order valence-electron chi connectivity index (χ2n) is 1.88. The minimum atomic E-state index is 0.249. The highest BCUT2D eigenvalue weighted by Gasteiger charge is 1.92. The van der Waals surface area contributed by atoms with E-state index < -0.39 is 0 Å². The summed E-state index contributed by atoms with van der Waals surface area (Å²) < 4.78 is 0. The summed E-state index contributed by atoms with van der Waals surface area (Å²) >= 11 is 5.54. The highest BCUT2D eigenvalue weighted by molar-refractivity contribution is 6.28. The molecule has 0 spiro atoms. The molecule has 1 N–H and O–H groups in total. The molecule has 3 nitrogen and oxygen atoms in total. The van der Waals surface area contributed by atoms with E-state index in [-0.39, 0.29) is 5.28 Å². The van der Waals surface area contributed by atoms with Crippen molar-refractivity contribution in [2.24, 2.45) is 0 Å². The molecular weight excluding hydrogens is 162 g/mol. The molecule has 1 aromatic heterocycles. The molecule has 0 radical (unpaired) electrons. The van der Waals surface area contributed by atoms with Gasteiger partial charge in [0.05, 0.1) is 0 Å². The number of hydrogen-bond acceptors (Lipinski definition) is 3. The van der Waals surface area contributed by atoms with Crippen LogP contribution in [0.1, 0.15) is 0 Å². The monoisotopic (exact) mass is 169 g/mol. The van der Waals surface area contributed by atoms with Crippen LogP contribution in [-0.2, 0) is 0 Å². The number of anilines is 1. The van der Waals surface area contributed by atoms with Crippen LogP contribution in [0.15, 0.2) is 24.9 Å². The Balaban J connectivity index is 2.63. The minimum Gasteiger partial charge on any atom is -0.366 e. The summed E-state index contributed by atoms with van der Waals surface area (Å²) in [6.07, 6.45) is 3.34. The van der Waals surface area contributed by atoms with Gasteiger partial charge in [0.15, 0.2) is 0 Å². The smallest absolute Gasteiger partial charge is 0.224 e. The Kier molecular flexibility index (Phi) is 2.86. The summed E-state index contributed by atoms with van der Waals surface area (Å²) in [5.74, 6) is 0.713. The summed E-state index contributed by atoms with van der Waals surface area (Å²) in [4.78, 5) is 7.64. The lowest BCUT2D eigenvalue weighted by molar-refractivity contribution is 1.14. The molecule has 1 rings (SSSR count). The zero-order chi connectivity index (χ0) is 8.10. The molecule has 11 heavy (non-hydrogen) atoms. The Labute approximate surface area is 70.1 Å². The minimum absolute atomic E-state index is 0.249. The van der Waals surface area contributed by atoms with Crippen LogP contribution in [0.5, 0.6) is 0 Å². The lowest BCUT2D eigenvalue weighted by Crippen LogP contribution is -2.00. The number of halogens is 1. The molecule has 0 amide bonds. The van der Waals surface area contributed by atoms with Gasteiger partial charge < -0.3 is 5.32 Å². The van der Waals surface area contributed by atoms with Crippen molar-refractivity contribution in [2.45, 2.75) is 0 Å². The maximum atomic E-state index is 5.54. The van der Waals surface area contributed by atoms with Crippen LogP contribution in [0, 0.1) is 0 Å². The van der Waals surface area contributed by atoms with Gasteiger partial charge >= 0.3 is 0 Å². The van der Waals surface area contributed by atoms with Gasteiger partial charge in [-0.3, -0.25) is 0 Å². The fraction of sp³-hybridized carbons (Fsp3) is 0.143. The van der Waals surface area contributed by atoms with Crippen molar-refractivity contribution in [3.8, 4) is 0 Å². The van der Waals surface area contributed by atoms with E-state index in [2.05, 4.69) is 21.9 Å². The summed E-state index contributed by atoms with van der Waals surface area (Å²) in [5.41, 5.74) is 0. The Hall–Kier alpha value is -1.09. The molecule has 0 aromatic carbocycles. The van der Waals surface area contributed by atoms with Gasteiger partial charge in [-0.15, -0.1) is 6.58 Å². The third-order valence-corrected chi connectivity index (χ3v) is 1.24. The first-order chi connectivity index (χ1) is 5.33. The molecule has 58 valence electrons. The molecule has 0 saturated carbocycles. The molecule has 1 aromatic rings. The molecule has 0 bridgehead atoms. The van der Waals surface area contributed by atoms with Crippen molar-refractivity contribution in [3.63, 3.8) is 0 Å². The van der Waals surface area contributed by atoms with Crippen LogP contribution in [0.2, 0.25) is 5.28 Å². The fourth-order valence-electron chi connectivity index (χ4n) is 0.610. The van der Waals surface area contributed by atoms with Crippen LogP contribution in [-0.4, -0.2) is 16.5 Å². The number of nitrogens with zero attached hydrogens (tertiary/aromatic N) is 2. The van der Waals surface area contributed by atoms with Gasteiger partial charge in [-0.05, 0) is 17.7 Å². The number of hydrogen-bond donors (Lipinski definition) is 1. The summed E-state index contributed by atoms with van der Waals surface area (Å²) in [6, 6.07) is 1.75. The van der Waals surface area contributed by atoms with Gasteiger partial charge in [0.1, 0.15) is 5.82 Å². The van der Waals surface area contributed by atoms with E-state index in [9.17, 15) is 0 Å². The van der Waals surface area contributed by atoms with Gasteiger partial charge in [0.2, 0.25) is 5.28 Å². The Morgan fingerprint density at radius 3 is 3.18 bits per heavy atom. The van der Waals surface area contributed by atoms with E-state index in [1.54, 1.807) is 18.3 Å². The van der Waals surface area contributed by atoms with E-state index in [1.165, 1.54) is 0 Å². The van der Waals surface area contributed by atoms with Gasteiger partial charge in [0.25, 0.3) is 0 Å². The van der Waals surface area contributed by atoms with Crippen LogP contribution in [0.4, 0.5) is 5.82 Å². The van der Waals surface area contributed by atoms with Crippen LogP contribution in [0.25, 0.3) is 0 Å². The van der Waals surface area contributed by atoms with Crippen molar-refractivity contribution in [1.29, 1.82) is 0 Å². The van der Waals surface area contributed by atoms with Crippen LogP contribution in [0.3, 0.4) is 0 Å². The predicted molar refractivity (Wildman–Crippen MR) is 45.7 cm³/mol. The van der Waals surface area contributed by atoms with Crippen LogP contribution >= 0.6 is 11.6 Å². The quantitative estimate of drug-likeness (QED) is 0.553. The Morgan fingerprint density at radius 1 is 1.73 bits per heavy atom. The molecular formula is C7H8ClN3. The van der Waals surface area contributed by atoms with Gasteiger partial charge in [-0.1, -0.05) is 6.08 Å². The number of rotatable bonds is 3. The molecule has 0 aliphatic carbocycles. The lowest BCUT2D eigenvalue weighted by Gasteiger charge is -1.99. The molecule has 0 aliphatic rings. The van der Waals surface area contributed by atoms with E-state index in [0.717, 1.165) is 0 Å². The molecule has 0 fully saturated rings. The molecule has 4 heteroatoms. The summed E-state index contributed by atoms with van der Waals surface area (Å²) in [7, 11) is 0. The van der Waals surface area contributed by atoms with E-state index in [4.69, 9.17) is 11.6 Å². The number of aromatic nitrogens is 2. The maximum absolute atomic E-state index is 5.54. The second kappa shape index (κ2) is 3.93. The molecule has 0 saturated heterocycles. The van der Waals surface area contributed by atoms with E-state index in [0.29, 0.717) is 12.4 Å². The highest BCUT2D eigenvalue weighted by Crippen LogP contribution is 2.04. The van der Waals surface area contributed by atoms with Gasteiger partial charge in [-0.25, -0.2) is 9.97 Å². The Morgan fingerprint density at radius 2 is 2.55 bits per heavy atom. The third kappa shape index (κ3) is 2.55. The molecule has 0 atom stereocenters. The third-order valence-electron chi connectivity index (χ3n) is 1.05. The van der Waals surface area contributed by atoms with E-state index >= 15 is 0 Å². The standard InChI is InChI=1S/C7H8ClN3/c1-2-4-9-6-3-5-10-7(8)11-6/h2-3,5H,1,4H2,(H,9,10,11). The summed E-state index contributed by atoms with van der Waals surface area (Å²) in [6.45, 7) is 4.23. The average molecular weight is 170 g/mol. The van der Waals surface area contributed by atoms with E-state index in [1.807, 2.05) is 0 Å². The predicted octanol–water partition coefficient (Wildman–Crippen LogP) is 1.73. The lowest BCUT2D eigenvalue weighted by atomic mass is 10.5. The fourth-order valence-corrected chi connectivity index (χ4v) is 0.757. The molecule has 0 unspecified atom stereocenters. The highest BCUT2D eigenvalue weighted by atomic mass is 35.5. The molecule has 1 heterocycles. The normalized spacial score (nSPS) is 9.18. The zero-order valence-corrected chi connectivity index (χ0v) is 6.67. The van der Waals surface area contributed by atoms with Crippen molar-refractivity contribution in [2.75, 3.05) is 11.9 Å². The van der Waals surface area contributed by atoms with Crippen LogP contribution < -0.4 is 5.32 Å². The maximum Gasteiger partial charge on any atom is 0.224 e. The largest absolute Gasteiger partial charge is 0.366 e.